The third kappa shape index (κ3) is 2.77. The molecule has 0 atom stereocenters. The first-order valence-corrected chi connectivity index (χ1v) is 8.06. The van der Waals surface area contributed by atoms with Crippen LogP contribution in [0.1, 0.15) is 22.8 Å². The summed E-state index contributed by atoms with van der Waals surface area (Å²) in [7, 11) is 0. The number of carbonyl (C=O) groups excluding carboxylic acids is 1. The molecule has 1 N–H and O–H groups in total. The number of benzene rings is 3. The number of aryl methyl sites for hydroxylation is 1. The van der Waals surface area contributed by atoms with Gasteiger partial charge in [-0.25, -0.2) is 0 Å². The summed E-state index contributed by atoms with van der Waals surface area (Å²) in [6.07, 6.45) is 0.886. The average Bonchev–Trinajstić information content (AvgIpc) is 2.55. The minimum Gasteiger partial charge on any atom is -0.322 e. The van der Waals surface area contributed by atoms with Crippen LogP contribution in [0.15, 0.2) is 65.1 Å². The van der Waals surface area contributed by atoms with E-state index in [0.717, 1.165) is 32.9 Å². The molecule has 0 saturated heterocycles. The number of carbonyl (C=O) groups is 1. The van der Waals surface area contributed by atoms with Crippen molar-refractivity contribution < 1.29 is 4.79 Å². The van der Waals surface area contributed by atoms with E-state index in [2.05, 4.69) is 28.2 Å². The highest BCUT2D eigenvalue weighted by atomic mass is 79.9. The monoisotopic (exact) mass is 353 g/mol. The van der Waals surface area contributed by atoms with Crippen molar-refractivity contribution in [2.75, 3.05) is 5.32 Å². The van der Waals surface area contributed by atoms with E-state index < -0.39 is 0 Å². The predicted molar refractivity (Wildman–Crippen MR) is 95.4 cm³/mol. The van der Waals surface area contributed by atoms with Gasteiger partial charge in [0.1, 0.15) is 0 Å². The van der Waals surface area contributed by atoms with Crippen molar-refractivity contribution in [2.45, 2.75) is 13.3 Å². The molecule has 110 valence electrons. The Morgan fingerprint density at radius 3 is 2.50 bits per heavy atom. The van der Waals surface area contributed by atoms with Gasteiger partial charge in [-0.2, -0.15) is 0 Å². The van der Waals surface area contributed by atoms with Crippen molar-refractivity contribution in [1.29, 1.82) is 0 Å². The van der Waals surface area contributed by atoms with E-state index in [4.69, 9.17) is 0 Å². The van der Waals surface area contributed by atoms with Crippen molar-refractivity contribution in [1.82, 2.24) is 0 Å². The van der Waals surface area contributed by atoms with Gasteiger partial charge in [-0.3, -0.25) is 4.79 Å². The summed E-state index contributed by atoms with van der Waals surface area (Å²) in [6.45, 7) is 2.08. The normalized spacial score (nSPS) is 10.6. The summed E-state index contributed by atoms with van der Waals surface area (Å²) >= 11 is 3.54. The Hall–Kier alpha value is -2.13. The molecular formula is C19H16BrNO. The molecule has 0 unspecified atom stereocenters. The Bertz CT molecular complexity index is 842. The maximum Gasteiger partial charge on any atom is 0.256 e. The van der Waals surface area contributed by atoms with E-state index in [1.165, 1.54) is 0 Å². The summed E-state index contributed by atoms with van der Waals surface area (Å²) < 4.78 is 0.994. The molecule has 0 aliphatic rings. The van der Waals surface area contributed by atoms with Crippen molar-refractivity contribution in [3.63, 3.8) is 0 Å². The number of fused-ring (bicyclic) bond motifs is 1. The number of rotatable bonds is 3. The topological polar surface area (TPSA) is 29.1 Å². The van der Waals surface area contributed by atoms with Gasteiger partial charge in [0.05, 0.1) is 0 Å². The van der Waals surface area contributed by atoms with Crippen LogP contribution < -0.4 is 5.32 Å². The highest BCUT2D eigenvalue weighted by molar-refractivity contribution is 9.10. The summed E-state index contributed by atoms with van der Waals surface area (Å²) in [5.74, 6) is -0.0791. The molecule has 0 aliphatic carbocycles. The molecule has 2 nitrogen and oxygen atoms in total. The first kappa shape index (κ1) is 14.8. The zero-order valence-electron chi connectivity index (χ0n) is 12.3. The van der Waals surface area contributed by atoms with Crippen LogP contribution in [0.3, 0.4) is 0 Å². The largest absolute Gasteiger partial charge is 0.322 e. The van der Waals surface area contributed by atoms with Crippen molar-refractivity contribution in [2.24, 2.45) is 0 Å². The molecular weight excluding hydrogens is 338 g/mol. The minimum absolute atomic E-state index is 0.0791. The Labute approximate surface area is 138 Å². The van der Waals surface area contributed by atoms with Crippen molar-refractivity contribution in [3.8, 4) is 0 Å². The van der Waals surface area contributed by atoms with Crippen molar-refractivity contribution in [3.05, 3.63) is 76.3 Å². The lowest BCUT2D eigenvalue weighted by atomic mass is 10.0. The van der Waals surface area contributed by atoms with E-state index >= 15 is 0 Å². The maximum absolute atomic E-state index is 12.7. The van der Waals surface area contributed by atoms with Gasteiger partial charge in [0.15, 0.2) is 0 Å². The number of halogens is 1. The number of amides is 1. The van der Waals surface area contributed by atoms with Crippen LogP contribution >= 0.6 is 15.9 Å². The zero-order chi connectivity index (χ0) is 15.5. The molecule has 0 bridgehead atoms. The fourth-order valence-electron chi connectivity index (χ4n) is 2.61. The number of anilines is 1. The summed E-state index contributed by atoms with van der Waals surface area (Å²) in [5.41, 5.74) is 2.70. The highest BCUT2D eigenvalue weighted by Gasteiger charge is 2.12. The molecule has 0 fully saturated rings. The second kappa shape index (κ2) is 6.32. The van der Waals surface area contributed by atoms with Gasteiger partial charge < -0.3 is 5.32 Å². The van der Waals surface area contributed by atoms with Gasteiger partial charge >= 0.3 is 0 Å². The van der Waals surface area contributed by atoms with Crippen LogP contribution in [0.5, 0.6) is 0 Å². The van der Waals surface area contributed by atoms with Crippen molar-refractivity contribution >= 4 is 38.3 Å². The highest BCUT2D eigenvalue weighted by Crippen LogP contribution is 2.27. The molecule has 0 aromatic heterocycles. The van der Waals surface area contributed by atoms with Crippen LogP contribution in [-0.4, -0.2) is 5.91 Å². The summed E-state index contributed by atoms with van der Waals surface area (Å²) in [6, 6.07) is 19.6. The number of para-hydroxylation sites is 1. The Balaban J connectivity index is 2.01. The van der Waals surface area contributed by atoms with Gasteiger partial charge in [-0.15, -0.1) is 0 Å². The van der Waals surface area contributed by atoms with E-state index in [1.807, 2.05) is 60.7 Å². The summed E-state index contributed by atoms with van der Waals surface area (Å²) in [5, 5.41) is 5.02. The lowest BCUT2D eigenvalue weighted by molar-refractivity contribution is 0.102. The van der Waals surface area contributed by atoms with Gasteiger partial charge in [-0.1, -0.05) is 65.3 Å². The van der Waals surface area contributed by atoms with E-state index in [1.54, 1.807) is 0 Å². The SMILES string of the molecule is CCc1ccccc1NC(=O)c1cccc2c(Br)cccc12. The Morgan fingerprint density at radius 1 is 0.955 bits per heavy atom. The third-order valence-corrected chi connectivity index (χ3v) is 4.45. The maximum atomic E-state index is 12.7. The zero-order valence-corrected chi connectivity index (χ0v) is 13.9. The first-order chi connectivity index (χ1) is 10.7. The molecule has 3 aromatic rings. The van der Waals surface area contributed by atoms with Crippen LogP contribution in [0.4, 0.5) is 5.69 Å². The molecule has 0 heterocycles. The number of hydrogen-bond acceptors (Lipinski definition) is 1. The predicted octanol–water partition coefficient (Wildman–Crippen LogP) is 5.42. The average molecular weight is 354 g/mol. The molecule has 22 heavy (non-hydrogen) atoms. The molecule has 0 radical (unpaired) electrons. The van der Waals surface area contributed by atoms with Crippen LogP contribution in [0.2, 0.25) is 0 Å². The van der Waals surface area contributed by atoms with E-state index in [-0.39, 0.29) is 5.91 Å². The fraction of sp³-hybridized carbons (Fsp3) is 0.105. The molecule has 3 aromatic carbocycles. The molecule has 3 rings (SSSR count). The summed E-state index contributed by atoms with van der Waals surface area (Å²) in [4.78, 5) is 12.7. The second-order valence-electron chi connectivity index (χ2n) is 5.11. The van der Waals surface area contributed by atoms with Gasteiger partial charge in [0.25, 0.3) is 5.91 Å². The molecule has 0 aliphatic heterocycles. The molecule has 0 spiro atoms. The second-order valence-corrected chi connectivity index (χ2v) is 5.96. The van der Waals surface area contributed by atoms with Crippen LogP contribution in [0, 0.1) is 0 Å². The standard InChI is InChI=1S/C19H16BrNO/c1-2-13-7-3-4-12-18(13)21-19(22)16-10-5-9-15-14(16)8-6-11-17(15)20/h3-12H,2H2,1H3,(H,21,22). The van der Waals surface area contributed by atoms with Gasteiger partial charge in [0.2, 0.25) is 0 Å². The smallest absolute Gasteiger partial charge is 0.256 e. The van der Waals surface area contributed by atoms with Gasteiger partial charge in [0, 0.05) is 15.7 Å². The van der Waals surface area contributed by atoms with E-state index in [9.17, 15) is 4.79 Å². The third-order valence-electron chi connectivity index (χ3n) is 3.76. The molecule has 3 heteroatoms. The number of nitrogens with one attached hydrogen (secondary N) is 1. The van der Waals surface area contributed by atoms with Crippen LogP contribution in [-0.2, 0) is 6.42 Å². The first-order valence-electron chi connectivity index (χ1n) is 7.27. The Kier molecular flexibility index (Phi) is 4.25. The van der Waals surface area contributed by atoms with E-state index in [0.29, 0.717) is 5.56 Å². The quantitative estimate of drug-likeness (QED) is 0.669. The molecule has 0 saturated carbocycles. The minimum atomic E-state index is -0.0791. The van der Waals surface area contributed by atoms with Gasteiger partial charge in [-0.05, 0) is 41.0 Å². The lowest BCUT2D eigenvalue weighted by Gasteiger charge is -2.11. The molecule has 1 amide bonds. The lowest BCUT2D eigenvalue weighted by Crippen LogP contribution is -2.13. The van der Waals surface area contributed by atoms with Crippen LogP contribution in [0.25, 0.3) is 10.8 Å². The number of hydrogen-bond donors (Lipinski definition) is 1. The fourth-order valence-corrected chi connectivity index (χ4v) is 3.11. The Morgan fingerprint density at radius 2 is 1.68 bits per heavy atom.